The highest BCUT2D eigenvalue weighted by molar-refractivity contribution is 6.06. The SMILES string of the molecule is Cc1nn(C(C)(C)C)c2nc(C3CC3)cc(C(=O)NCC(C)CN)c12.Cl.Cl. The Hall–Kier alpha value is -1.37. The molecule has 1 atom stereocenters. The molecule has 0 saturated heterocycles. The molecule has 0 aromatic carbocycles. The lowest BCUT2D eigenvalue weighted by Gasteiger charge is -2.20. The molecule has 0 bridgehead atoms. The first kappa shape index (κ1) is 23.7. The molecule has 2 aromatic rings. The molecule has 27 heavy (non-hydrogen) atoms. The van der Waals surface area contributed by atoms with Gasteiger partial charge in [-0.1, -0.05) is 6.92 Å². The van der Waals surface area contributed by atoms with Gasteiger partial charge in [-0.3, -0.25) is 4.79 Å². The zero-order valence-electron chi connectivity index (χ0n) is 16.7. The second-order valence-corrected chi connectivity index (χ2v) is 8.29. The Morgan fingerprint density at radius 2 is 2.00 bits per heavy atom. The smallest absolute Gasteiger partial charge is 0.252 e. The predicted octanol–water partition coefficient (Wildman–Crippen LogP) is 3.54. The van der Waals surface area contributed by atoms with Crippen LogP contribution in [0.3, 0.4) is 0 Å². The lowest BCUT2D eigenvalue weighted by atomic mass is 10.1. The molecule has 3 N–H and O–H groups in total. The predicted molar refractivity (Wildman–Crippen MR) is 114 cm³/mol. The van der Waals surface area contributed by atoms with Crippen LogP contribution in [0.15, 0.2) is 6.07 Å². The van der Waals surface area contributed by atoms with Gasteiger partial charge < -0.3 is 11.1 Å². The van der Waals surface area contributed by atoms with Crippen molar-refractivity contribution in [3.8, 4) is 0 Å². The molecule has 1 amide bonds. The van der Waals surface area contributed by atoms with Gasteiger partial charge >= 0.3 is 0 Å². The Morgan fingerprint density at radius 3 is 2.52 bits per heavy atom. The molecule has 1 fully saturated rings. The van der Waals surface area contributed by atoms with Crippen LogP contribution >= 0.6 is 24.8 Å². The summed E-state index contributed by atoms with van der Waals surface area (Å²) in [5.41, 5.74) is 8.82. The number of aromatic nitrogens is 3. The number of amides is 1. The molecule has 0 spiro atoms. The van der Waals surface area contributed by atoms with Crippen LogP contribution in [0.5, 0.6) is 0 Å². The number of halogens is 2. The Bertz CT molecular complexity index is 809. The van der Waals surface area contributed by atoms with Crippen molar-refractivity contribution in [1.29, 1.82) is 0 Å². The van der Waals surface area contributed by atoms with Gasteiger partial charge in [0.05, 0.1) is 22.2 Å². The summed E-state index contributed by atoms with van der Waals surface area (Å²) < 4.78 is 1.95. The number of carbonyl (C=O) groups excluding carboxylic acids is 1. The van der Waals surface area contributed by atoms with Crippen LogP contribution in [-0.4, -0.2) is 33.8 Å². The van der Waals surface area contributed by atoms with Crippen LogP contribution in [0.25, 0.3) is 11.0 Å². The maximum atomic E-state index is 12.9. The van der Waals surface area contributed by atoms with E-state index in [2.05, 4.69) is 26.1 Å². The van der Waals surface area contributed by atoms with Crippen molar-refractivity contribution in [2.24, 2.45) is 11.7 Å². The molecule has 8 heteroatoms. The van der Waals surface area contributed by atoms with E-state index >= 15 is 0 Å². The standard InChI is InChI=1S/C19H29N5O.2ClH/c1-11(9-20)10-21-18(25)14-8-15(13-6-7-13)22-17-16(14)12(2)23-24(17)19(3,4)5;;/h8,11,13H,6-7,9-10,20H2,1-5H3,(H,21,25);2*1H. The first-order chi connectivity index (χ1) is 11.7. The second-order valence-electron chi connectivity index (χ2n) is 8.29. The zero-order valence-corrected chi connectivity index (χ0v) is 18.3. The fourth-order valence-corrected chi connectivity index (χ4v) is 2.99. The van der Waals surface area contributed by atoms with Gasteiger partial charge in [0.15, 0.2) is 5.65 Å². The molecule has 6 nitrogen and oxygen atoms in total. The minimum atomic E-state index is -0.191. The summed E-state index contributed by atoms with van der Waals surface area (Å²) in [7, 11) is 0. The highest BCUT2D eigenvalue weighted by atomic mass is 35.5. The van der Waals surface area contributed by atoms with Crippen molar-refractivity contribution in [2.45, 2.75) is 58.9 Å². The van der Waals surface area contributed by atoms with E-state index in [9.17, 15) is 4.79 Å². The normalized spacial score (nSPS) is 15.0. The number of rotatable bonds is 5. The lowest BCUT2D eigenvalue weighted by Crippen LogP contribution is -2.31. The van der Waals surface area contributed by atoms with E-state index in [0.29, 0.717) is 24.6 Å². The van der Waals surface area contributed by atoms with Gasteiger partial charge in [-0.2, -0.15) is 5.10 Å². The molecule has 1 unspecified atom stereocenters. The molecule has 152 valence electrons. The average Bonchev–Trinajstić information content (AvgIpc) is 3.34. The number of nitrogens with one attached hydrogen (secondary N) is 1. The topological polar surface area (TPSA) is 85.8 Å². The number of carbonyl (C=O) groups is 1. The van der Waals surface area contributed by atoms with E-state index in [1.165, 1.54) is 0 Å². The van der Waals surface area contributed by atoms with Gasteiger partial charge in [0, 0.05) is 18.2 Å². The summed E-state index contributed by atoms with van der Waals surface area (Å²) in [6.07, 6.45) is 2.29. The van der Waals surface area contributed by atoms with Crippen molar-refractivity contribution in [3.63, 3.8) is 0 Å². The summed E-state index contributed by atoms with van der Waals surface area (Å²) in [5, 5.41) is 8.57. The quantitative estimate of drug-likeness (QED) is 0.781. The summed E-state index contributed by atoms with van der Waals surface area (Å²) in [6, 6.07) is 1.96. The number of hydrogen-bond acceptors (Lipinski definition) is 4. The molecular formula is C19H31Cl2N5O. The monoisotopic (exact) mass is 415 g/mol. The molecule has 0 radical (unpaired) electrons. The van der Waals surface area contributed by atoms with E-state index in [4.69, 9.17) is 15.8 Å². The van der Waals surface area contributed by atoms with Crippen LogP contribution in [0.2, 0.25) is 0 Å². The van der Waals surface area contributed by atoms with E-state index < -0.39 is 0 Å². The largest absolute Gasteiger partial charge is 0.352 e. The van der Waals surface area contributed by atoms with Gasteiger partial charge in [0.25, 0.3) is 5.91 Å². The summed E-state index contributed by atoms with van der Waals surface area (Å²) in [5.74, 6) is 0.663. The van der Waals surface area contributed by atoms with Crippen LogP contribution in [0.4, 0.5) is 0 Å². The highest BCUT2D eigenvalue weighted by Gasteiger charge is 2.30. The van der Waals surface area contributed by atoms with Crippen molar-refractivity contribution in [3.05, 3.63) is 23.0 Å². The molecule has 3 rings (SSSR count). The van der Waals surface area contributed by atoms with Crippen LogP contribution in [-0.2, 0) is 5.54 Å². The number of nitrogens with zero attached hydrogens (tertiary/aromatic N) is 3. The molecular weight excluding hydrogens is 385 g/mol. The first-order valence-electron chi connectivity index (χ1n) is 9.11. The number of pyridine rings is 1. The van der Waals surface area contributed by atoms with Gasteiger partial charge in [0.1, 0.15) is 0 Å². The zero-order chi connectivity index (χ0) is 18.4. The molecule has 0 aliphatic heterocycles. The first-order valence-corrected chi connectivity index (χ1v) is 9.11. The minimum absolute atomic E-state index is 0. The van der Waals surface area contributed by atoms with Crippen LogP contribution in [0.1, 0.15) is 68.2 Å². The van der Waals surface area contributed by atoms with Gasteiger partial charge in [0.2, 0.25) is 0 Å². The van der Waals surface area contributed by atoms with Gasteiger partial charge in [-0.05, 0) is 59.1 Å². The number of aryl methyl sites for hydroxylation is 1. The van der Waals surface area contributed by atoms with Crippen LogP contribution < -0.4 is 11.1 Å². The number of nitrogens with two attached hydrogens (primary N) is 1. The summed E-state index contributed by atoms with van der Waals surface area (Å²) >= 11 is 0. The summed E-state index contributed by atoms with van der Waals surface area (Å²) in [4.78, 5) is 17.7. The molecule has 2 aromatic heterocycles. The van der Waals surface area contributed by atoms with Crippen molar-refractivity contribution < 1.29 is 4.79 Å². The fourth-order valence-electron chi connectivity index (χ4n) is 2.99. The Labute approximate surface area is 173 Å². The summed E-state index contributed by atoms with van der Waals surface area (Å²) in [6.45, 7) is 11.4. The third-order valence-electron chi connectivity index (χ3n) is 4.72. The maximum absolute atomic E-state index is 12.9. The Balaban J connectivity index is 0.00000182. The Morgan fingerprint density at radius 1 is 1.37 bits per heavy atom. The van der Waals surface area contributed by atoms with Crippen molar-refractivity contribution in [2.75, 3.05) is 13.1 Å². The van der Waals surface area contributed by atoms with Gasteiger partial charge in [-0.25, -0.2) is 9.67 Å². The Kier molecular flexibility index (Phi) is 7.68. The number of hydrogen-bond donors (Lipinski definition) is 2. The maximum Gasteiger partial charge on any atom is 0.252 e. The van der Waals surface area contributed by atoms with Crippen molar-refractivity contribution in [1.82, 2.24) is 20.1 Å². The third-order valence-corrected chi connectivity index (χ3v) is 4.72. The lowest BCUT2D eigenvalue weighted by molar-refractivity contribution is 0.0950. The minimum Gasteiger partial charge on any atom is -0.352 e. The third kappa shape index (κ3) is 4.92. The molecule has 2 heterocycles. The molecule has 1 aliphatic carbocycles. The van der Waals surface area contributed by atoms with E-state index in [1.54, 1.807) is 0 Å². The molecule has 1 aliphatic rings. The van der Waals surface area contributed by atoms with E-state index in [-0.39, 0.29) is 42.2 Å². The molecule has 1 saturated carbocycles. The fraction of sp³-hybridized carbons (Fsp3) is 0.632. The average molecular weight is 416 g/mol. The van der Waals surface area contributed by atoms with Crippen molar-refractivity contribution >= 4 is 41.8 Å². The van der Waals surface area contributed by atoms with Crippen LogP contribution in [0, 0.1) is 12.8 Å². The van der Waals surface area contributed by atoms with E-state index in [1.807, 2.05) is 24.6 Å². The van der Waals surface area contributed by atoms with E-state index in [0.717, 1.165) is 35.3 Å². The second kappa shape index (κ2) is 8.76. The highest BCUT2D eigenvalue weighted by Crippen LogP contribution is 2.40. The van der Waals surface area contributed by atoms with Gasteiger partial charge in [-0.15, -0.1) is 24.8 Å². The number of fused-ring (bicyclic) bond motifs is 1.